The summed E-state index contributed by atoms with van der Waals surface area (Å²) < 4.78 is 0. The fourth-order valence-corrected chi connectivity index (χ4v) is 2.21. The second kappa shape index (κ2) is 6.73. The van der Waals surface area contributed by atoms with Gasteiger partial charge in [-0.3, -0.25) is 4.79 Å². The van der Waals surface area contributed by atoms with E-state index in [1.165, 1.54) is 12.8 Å². The molecule has 1 N–H and O–H groups in total. The molecular weight excluding hydrogens is 238 g/mol. The van der Waals surface area contributed by atoms with Crippen LogP contribution < -0.4 is 10.5 Å². The van der Waals surface area contributed by atoms with Gasteiger partial charge in [0, 0.05) is 25.1 Å². The van der Waals surface area contributed by atoms with Crippen LogP contribution in [0.15, 0.2) is 10.9 Å². The maximum absolute atomic E-state index is 11.8. The van der Waals surface area contributed by atoms with Crippen LogP contribution in [0.25, 0.3) is 0 Å². The van der Waals surface area contributed by atoms with Gasteiger partial charge in [0.15, 0.2) is 0 Å². The summed E-state index contributed by atoms with van der Waals surface area (Å²) >= 11 is 0. The number of nitrogens with one attached hydrogen (secondary N) is 1. The SMILES string of the molecule is CCCCN(CCCC)c1cc(=O)[nH]c(C2CC2)n1. The van der Waals surface area contributed by atoms with Gasteiger partial charge in [-0.05, 0) is 25.7 Å². The predicted molar refractivity (Wildman–Crippen MR) is 78.9 cm³/mol. The van der Waals surface area contributed by atoms with Gasteiger partial charge in [0.25, 0.3) is 5.56 Å². The highest BCUT2D eigenvalue weighted by Gasteiger charge is 2.26. The molecule has 1 aliphatic carbocycles. The monoisotopic (exact) mass is 263 g/mol. The van der Waals surface area contributed by atoms with Gasteiger partial charge in [-0.2, -0.15) is 0 Å². The number of aromatic amines is 1. The zero-order valence-corrected chi connectivity index (χ0v) is 12.1. The first-order valence-electron chi connectivity index (χ1n) is 7.60. The van der Waals surface area contributed by atoms with Crippen LogP contribution in [0.3, 0.4) is 0 Å². The highest BCUT2D eigenvalue weighted by molar-refractivity contribution is 5.38. The predicted octanol–water partition coefficient (Wildman–Crippen LogP) is 3.05. The molecule has 0 atom stereocenters. The molecule has 19 heavy (non-hydrogen) atoms. The molecule has 0 spiro atoms. The first-order valence-corrected chi connectivity index (χ1v) is 7.60. The van der Waals surface area contributed by atoms with E-state index in [1.54, 1.807) is 6.07 Å². The molecule has 1 aromatic rings. The number of rotatable bonds is 8. The van der Waals surface area contributed by atoms with Gasteiger partial charge in [0.2, 0.25) is 0 Å². The Labute approximate surface area is 115 Å². The molecule has 1 heterocycles. The van der Waals surface area contributed by atoms with Crippen molar-refractivity contribution in [1.82, 2.24) is 9.97 Å². The number of H-pyrrole nitrogens is 1. The Morgan fingerprint density at radius 2 is 1.89 bits per heavy atom. The van der Waals surface area contributed by atoms with Crippen molar-refractivity contribution < 1.29 is 0 Å². The molecule has 1 saturated carbocycles. The van der Waals surface area contributed by atoms with E-state index in [0.717, 1.165) is 50.4 Å². The van der Waals surface area contributed by atoms with E-state index >= 15 is 0 Å². The third-order valence-corrected chi connectivity index (χ3v) is 3.60. The molecule has 0 saturated heterocycles. The Bertz CT molecular complexity index is 443. The van der Waals surface area contributed by atoms with Gasteiger partial charge < -0.3 is 9.88 Å². The largest absolute Gasteiger partial charge is 0.356 e. The van der Waals surface area contributed by atoms with Crippen molar-refractivity contribution in [2.45, 2.75) is 58.3 Å². The van der Waals surface area contributed by atoms with E-state index in [9.17, 15) is 4.79 Å². The Kier molecular flexibility index (Phi) is 5.00. The van der Waals surface area contributed by atoms with Gasteiger partial charge in [0.05, 0.1) is 0 Å². The summed E-state index contributed by atoms with van der Waals surface area (Å²) in [6.45, 7) is 6.38. The molecule has 4 heteroatoms. The maximum atomic E-state index is 11.8. The van der Waals surface area contributed by atoms with Crippen molar-refractivity contribution in [2.24, 2.45) is 0 Å². The summed E-state index contributed by atoms with van der Waals surface area (Å²) in [5.74, 6) is 2.25. The lowest BCUT2D eigenvalue weighted by molar-refractivity contribution is 0.667. The molecule has 1 aliphatic rings. The summed E-state index contributed by atoms with van der Waals surface area (Å²) in [6, 6.07) is 1.65. The quantitative estimate of drug-likeness (QED) is 0.784. The summed E-state index contributed by atoms with van der Waals surface area (Å²) in [4.78, 5) is 21.6. The van der Waals surface area contributed by atoms with Crippen molar-refractivity contribution in [3.8, 4) is 0 Å². The van der Waals surface area contributed by atoms with E-state index in [1.807, 2.05) is 0 Å². The molecule has 0 aliphatic heterocycles. The smallest absolute Gasteiger partial charge is 0.252 e. The van der Waals surface area contributed by atoms with Crippen molar-refractivity contribution in [3.05, 3.63) is 22.2 Å². The van der Waals surface area contributed by atoms with Gasteiger partial charge in [0.1, 0.15) is 11.6 Å². The number of unbranched alkanes of at least 4 members (excludes halogenated alkanes) is 2. The Morgan fingerprint density at radius 1 is 1.26 bits per heavy atom. The minimum absolute atomic E-state index is 0.00935. The molecular formula is C15H25N3O. The highest BCUT2D eigenvalue weighted by Crippen LogP contribution is 2.37. The summed E-state index contributed by atoms with van der Waals surface area (Å²) in [5, 5.41) is 0. The second-order valence-corrected chi connectivity index (χ2v) is 5.46. The lowest BCUT2D eigenvalue weighted by atomic mass is 10.2. The van der Waals surface area contributed by atoms with E-state index < -0.39 is 0 Å². The fourth-order valence-electron chi connectivity index (χ4n) is 2.21. The van der Waals surface area contributed by atoms with Gasteiger partial charge in [-0.1, -0.05) is 26.7 Å². The maximum Gasteiger partial charge on any atom is 0.252 e. The third kappa shape index (κ3) is 4.08. The molecule has 0 unspecified atom stereocenters. The lowest BCUT2D eigenvalue weighted by Gasteiger charge is -2.23. The van der Waals surface area contributed by atoms with Crippen molar-refractivity contribution in [1.29, 1.82) is 0 Å². The summed E-state index contributed by atoms with van der Waals surface area (Å²) in [7, 11) is 0. The van der Waals surface area contributed by atoms with Crippen LogP contribution in [0.2, 0.25) is 0 Å². The zero-order chi connectivity index (χ0) is 13.7. The Balaban J connectivity index is 2.15. The van der Waals surface area contributed by atoms with Crippen LogP contribution in [-0.2, 0) is 0 Å². The molecule has 4 nitrogen and oxygen atoms in total. The number of hydrogen-bond acceptors (Lipinski definition) is 3. The van der Waals surface area contributed by atoms with Crippen molar-refractivity contribution >= 4 is 5.82 Å². The zero-order valence-electron chi connectivity index (χ0n) is 12.1. The van der Waals surface area contributed by atoms with Gasteiger partial charge >= 0.3 is 0 Å². The first-order chi connectivity index (χ1) is 9.24. The molecule has 2 rings (SSSR count). The minimum Gasteiger partial charge on any atom is -0.356 e. The van der Waals surface area contributed by atoms with Crippen LogP contribution in [0, 0.1) is 0 Å². The molecule has 0 bridgehead atoms. The van der Waals surface area contributed by atoms with E-state index in [0.29, 0.717) is 5.92 Å². The first kappa shape index (κ1) is 14.1. The van der Waals surface area contributed by atoms with Crippen LogP contribution in [-0.4, -0.2) is 23.1 Å². The van der Waals surface area contributed by atoms with E-state index in [4.69, 9.17) is 0 Å². The van der Waals surface area contributed by atoms with E-state index in [-0.39, 0.29) is 5.56 Å². The molecule has 106 valence electrons. The van der Waals surface area contributed by atoms with Crippen LogP contribution >= 0.6 is 0 Å². The molecule has 0 radical (unpaired) electrons. The van der Waals surface area contributed by atoms with Crippen molar-refractivity contribution in [3.63, 3.8) is 0 Å². The number of aromatic nitrogens is 2. The molecule has 1 fully saturated rings. The highest BCUT2D eigenvalue weighted by atomic mass is 16.1. The van der Waals surface area contributed by atoms with Gasteiger partial charge in [-0.15, -0.1) is 0 Å². The number of hydrogen-bond donors (Lipinski definition) is 1. The average Bonchev–Trinajstić information content (AvgIpc) is 3.22. The molecule has 0 aromatic carbocycles. The van der Waals surface area contributed by atoms with Crippen LogP contribution in [0.5, 0.6) is 0 Å². The molecule has 1 aromatic heterocycles. The third-order valence-electron chi connectivity index (χ3n) is 3.60. The summed E-state index contributed by atoms with van der Waals surface area (Å²) in [6.07, 6.45) is 6.96. The van der Waals surface area contributed by atoms with Crippen LogP contribution in [0.1, 0.15) is 64.1 Å². The Hall–Kier alpha value is -1.32. The van der Waals surface area contributed by atoms with Gasteiger partial charge in [-0.25, -0.2) is 4.98 Å². The average molecular weight is 263 g/mol. The number of anilines is 1. The minimum atomic E-state index is -0.00935. The lowest BCUT2D eigenvalue weighted by Crippen LogP contribution is -2.28. The van der Waals surface area contributed by atoms with E-state index in [2.05, 4.69) is 28.7 Å². The van der Waals surface area contributed by atoms with Crippen molar-refractivity contribution in [2.75, 3.05) is 18.0 Å². The number of nitrogens with zero attached hydrogens (tertiary/aromatic N) is 2. The Morgan fingerprint density at radius 3 is 2.42 bits per heavy atom. The fraction of sp³-hybridized carbons (Fsp3) is 0.733. The standard InChI is InChI=1S/C15H25N3O/c1-3-5-9-18(10-6-4-2)13-11-14(19)17-15(16-13)12-7-8-12/h11-12H,3-10H2,1-2H3,(H,16,17,19). The normalized spacial score (nSPS) is 14.6. The van der Waals surface area contributed by atoms with Crippen LogP contribution in [0.4, 0.5) is 5.82 Å². The molecule has 0 amide bonds. The topological polar surface area (TPSA) is 49.0 Å². The summed E-state index contributed by atoms with van der Waals surface area (Å²) in [5.41, 5.74) is -0.00935. The second-order valence-electron chi connectivity index (χ2n) is 5.46.